The average Bonchev–Trinajstić information content (AvgIpc) is 2.38. The van der Waals surface area contributed by atoms with Gasteiger partial charge in [0.2, 0.25) is 0 Å². The molecule has 20 heavy (non-hydrogen) atoms. The third-order valence-electron chi connectivity index (χ3n) is 3.13. The van der Waals surface area contributed by atoms with E-state index < -0.39 is 23.1 Å². The van der Waals surface area contributed by atoms with Gasteiger partial charge in [0.15, 0.2) is 5.78 Å². The highest BCUT2D eigenvalue weighted by Gasteiger charge is 2.18. The molecule has 1 aromatic carbocycles. The molecule has 5 nitrogen and oxygen atoms in total. The Morgan fingerprint density at radius 3 is 2.55 bits per heavy atom. The summed E-state index contributed by atoms with van der Waals surface area (Å²) >= 11 is 6.08. The summed E-state index contributed by atoms with van der Waals surface area (Å²) in [6.45, 7) is 2.96. The second-order valence-corrected chi connectivity index (χ2v) is 4.84. The summed E-state index contributed by atoms with van der Waals surface area (Å²) in [6, 6.07) is 6.38. The maximum atomic E-state index is 12.2. The van der Waals surface area contributed by atoms with Crippen LogP contribution in [-0.4, -0.2) is 15.3 Å². The van der Waals surface area contributed by atoms with Crippen LogP contribution in [0.1, 0.15) is 35.8 Å². The van der Waals surface area contributed by atoms with Crippen molar-refractivity contribution < 1.29 is 4.79 Å². The van der Waals surface area contributed by atoms with Gasteiger partial charge < -0.3 is 4.98 Å². The van der Waals surface area contributed by atoms with Crippen molar-refractivity contribution in [2.75, 3.05) is 0 Å². The lowest BCUT2D eigenvalue weighted by atomic mass is 10.1. The van der Waals surface area contributed by atoms with Crippen molar-refractivity contribution in [1.29, 1.82) is 0 Å². The minimum Gasteiger partial charge on any atom is -0.313 e. The van der Waals surface area contributed by atoms with Crippen LogP contribution in [-0.2, 0) is 0 Å². The minimum absolute atomic E-state index is 0.0523. The number of benzene rings is 1. The Kier molecular flexibility index (Phi) is 3.90. The number of nitrogens with zero attached hydrogens (tertiary/aromatic N) is 1. The Morgan fingerprint density at radius 2 is 1.95 bits per heavy atom. The van der Waals surface area contributed by atoms with Crippen LogP contribution in [0, 0.1) is 0 Å². The largest absolute Gasteiger partial charge is 0.328 e. The van der Waals surface area contributed by atoms with Crippen LogP contribution in [0.3, 0.4) is 0 Å². The zero-order valence-electron chi connectivity index (χ0n) is 11.0. The predicted molar refractivity (Wildman–Crippen MR) is 76.6 cm³/mol. The fourth-order valence-electron chi connectivity index (χ4n) is 2.04. The van der Waals surface area contributed by atoms with Crippen LogP contribution in [0.2, 0.25) is 5.02 Å². The van der Waals surface area contributed by atoms with Crippen molar-refractivity contribution in [1.82, 2.24) is 9.55 Å². The smallest absolute Gasteiger partial charge is 0.313 e. The highest BCUT2D eigenvalue weighted by atomic mass is 35.5. The van der Waals surface area contributed by atoms with E-state index in [1.54, 1.807) is 31.2 Å². The lowest BCUT2D eigenvalue weighted by molar-refractivity contribution is 0.101. The summed E-state index contributed by atoms with van der Waals surface area (Å²) in [5.41, 5.74) is -0.605. The summed E-state index contributed by atoms with van der Waals surface area (Å²) in [5.74, 6) is -0.397. The number of Topliss-reactive ketones (excluding diaryl/α,β-unsaturated/α-hetero) is 1. The molecule has 0 aliphatic heterocycles. The molecule has 0 saturated carbocycles. The number of rotatable bonds is 3. The van der Waals surface area contributed by atoms with Gasteiger partial charge in [-0.2, -0.15) is 0 Å². The van der Waals surface area contributed by atoms with E-state index >= 15 is 0 Å². The number of ketones is 1. The van der Waals surface area contributed by atoms with Crippen molar-refractivity contribution in [2.45, 2.75) is 19.9 Å². The summed E-state index contributed by atoms with van der Waals surface area (Å²) in [6.07, 6.45) is 1.14. The Hall–Kier alpha value is -2.14. The summed E-state index contributed by atoms with van der Waals surface area (Å²) in [5, 5.41) is 0.458. The number of H-pyrrole nitrogens is 1. The van der Waals surface area contributed by atoms with E-state index in [9.17, 15) is 14.4 Å². The Morgan fingerprint density at radius 1 is 1.30 bits per heavy atom. The maximum absolute atomic E-state index is 12.2. The van der Waals surface area contributed by atoms with E-state index in [-0.39, 0.29) is 5.56 Å². The quantitative estimate of drug-likeness (QED) is 0.880. The molecule has 0 bridgehead atoms. The number of aromatic amines is 1. The molecule has 1 unspecified atom stereocenters. The van der Waals surface area contributed by atoms with Crippen LogP contribution >= 0.6 is 11.6 Å². The lowest BCUT2D eigenvalue weighted by Crippen LogP contribution is -2.39. The molecule has 0 spiro atoms. The minimum atomic E-state index is -0.617. The molecule has 0 aliphatic carbocycles. The zero-order chi connectivity index (χ0) is 14.9. The molecule has 1 aromatic heterocycles. The molecule has 0 fully saturated rings. The molecular formula is C14H13ClN2O3. The number of nitrogens with one attached hydrogen (secondary N) is 1. The predicted octanol–water partition coefficient (Wildman–Crippen LogP) is 2.00. The molecule has 1 heterocycles. The molecule has 104 valence electrons. The first kappa shape index (κ1) is 14.3. The van der Waals surface area contributed by atoms with Gasteiger partial charge in [-0.1, -0.05) is 29.8 Å². The van der Waals surface area contributed by atoms with Gasteiger partial charge in [0.05, 0.1) is 11.6 Å². The Bertz CT molecular complexity index is 776. The van der Waals surface area contributed by atoms with Gasteiger partial charge in [0.25, 0.3) is 5.56 Å². The molecule has 2 rings (SSSR count). The van der Waals surface area contributed by atoms with E-state index in [1.165, 1.54) is 6.92 Å². The number of aromatic nitrogens is 2. The number of hydrogen-bond donors (Lipinski definition) is 1. The van der Waals surface area contributed by atoms with Crippen molar-refractivity contribution in [2.24, 2.45) is 0 Å². The third-order valence-corrected chi connectivity index (χ3v) is 3.47. The number of carbonyl (C=O) groups is 1. The number of carbonyl (C=O) groups excluding carboxylic acids is 1. The maximum Gasteiger partial charge on any atom is 0.328 e. The second kappa shape index (κ2) is 5.46. The number of halogens is 1. The molecule has 1 atom stereocenters. The fourth-order valence-corrected chi connectivity index (χ4v) is 2.34. The van der Waals surface area contributed by atoms with Gasteiger partial charge in [0, 0.05) is 11.2 Å². The number of hydrogen-bond acceptors (Lipinski definition) is 3. The van der Waals surface area contributed by atoms with Crippen molar-refractivity contribution in [3.8, 4) is 0 Å². The molecule has 6 heteroatoms. The lowest BCUT2D eigenvalue weighted by Gasteiger charge is -2.16. The van der Waals surface area contributed by atoms with Crippen molar-refractivity contribution in [3.63, 3.8) is 0 Å². The van der Waals surface area contributed by atoms with Gasteiger partial charge in [0.1, 0.15) is 0 Å². The zero-order valence-corrected chi connectivity index (χ0v) is 11.8. The molecule has 0 aliphatic rings. The Balaban J connectivity index is 2.67. The highest BCUT2D eigenvalue weighted by molar-refractivity contribution is 6.31. The monoisotopic (exact) mass is 292 g/mol. The van der Waals surface area contributed by atoms with Crippen LogP contribution in [0.4, 0.5) is 0 Å². The summed E-state index contributed by atoms with van der Waals surface area (Å²) < 4.78 is 0.998. The van der Waals surface area contributed by atoms with E-state index in [2.05, 4.69) is 4.98 Å². The van der Waals surface area contributed by atoms with E-state index in [0.29, 0.717) is 10.6 Å². The molecule has 0 radical (unpaired) electrons. The van der Waals surface area contributed by atoms with Crippen molar-refractivity contribution >= 4 is 17.4 Å². The van der Waals surface area contributed by atoms with Crippen molar-refractivity contribution in [3.05, 3.63) is 67.4 Å². The second-order valence-electron chi connectivity index (χ2n) is 4.44. The topological polar surface area (TPSA) is 71.9 Å². The Labute approximate surface area is 119 Å². The standard InChI is InChI=1S/C14H13ClN2O3/c1-8(10-5-3-4-6-12(10)15)17-13(19)11(9(2)18)7-16-14(17)20/h3-8H,1-2H3,(H,16,20). The molecule has 0 saturated heterocycles. The third kappa shape index (κ3) is 2.44. The molecular weight excluding hydrogens is 280 g/mol. The SMILES string of the molecule is CC(=O)c1c[nH]c(=O)n(C(C)c2ccccc2Cl)c1=O. The molecule has 0 amide bonds. The van der Waals surface area contributed by atoms with Crippen LogP contribution in [0.5, 0.6) is 0 Å². The normalized spacial score (nSPS) is 12.2. The van der Waals surface area contributed by atoms with Gasteiger partial charge in [-0.05, 0) is 25.5 Å². The molecule has 2 aromatic rings. The van der Waals surface area contributed by atoms with Crippen LogP contribution in [0.15, 0.2) is 40.1 Å². The van der Waals surface area contributed by atoms with Crippen LogP contribution in [0.25, 0.3) is 0 Å². The summed E-state index contributed by atoms with van der Waals surface area (Å²) in [4.78, 5) is 37.9. The van der Waals surface area contributed by atoms with E-state index in [4.69, 9.17) is 11.6 Å². The van der Waals surface area contributed by atoms with E-state index in [1.807, 2.05) is 0 Å². The highest BCUT2D eigenvalue weighted by Crippen LogP contribution is 2.23. The average molecular weight is 293 g/mol. The first-order chi connectivity index (χ1) is 9.43. The van der Waals surface area contributed by atoms with E-state index in [0.717, 1.165) is 10.8 Å². The molecule has 1 N–H and O–H groups in total. The van der Waals surface area contributed by atoms with Gasteiger partial charge >= 0.3 is 5.69 Å². The fraction of sp³-hybridized carbons (Fsp3) is 0.214. The summed E-state index contributed by atoms with van der Waals surface area (Å²) in [7, 11) is 0. The first-order valence-electron chi connectivity index (χ1n) is 6.03. The van der Waals surface area contributed by atoms with Crippen LogP contribution < -0.4 is 11.2 Å². The van der Waals surface area contributed by atoms with Gasteiger partial charge in [-0.3, -0.25) is 14.2 Å². The van der Waals surface area contributed by atoms with Gasteiger partial charge in [-0.15, -0.1) is 0 Å². The first-order valence-corrected chi connectivity index (χ1v) is 6.41. The van der Waals surface area contributed by atoms with Gasteiger partial charge in [-0.25, -0.2) is 4.79 Å².